The van der Waals surface area contributed by atoms with Crippen LogP contribution in [0.25, 0.3) is 0 Å². The van der Waals surface area contributed by atoms with Gasteiger partial charge in [-0.1, -0.05) is 11.6 Å². The lowest BCUT2D eigenvalue weighted by Gasteiger charge is -1.65. The molecule has 1 rings (SSSR count). The Labute approximate surface area is 96.0 Å². The normalized spacial score (nSPS) is 7.58. The maximum absolute atomic E-state index is 9.45. The molecule has 0 atom stereocenters. The molecule has 1 aromatic heterocycles. The second-order valence-electron chi connectivity index (χ2n) is 1.41. The summed E-state index contributed by atoms with van der Waals surface area (Å²) in [6, 6.07) is 3.79. The van der Waals surface area contributed by atoms with Crippen LogP contribution in [0.1, 0.15) is 0 Å². The quantitative estimate of drug-likeness (QED) is 0.559. The fraction of sp³-hybridized carbons (Fsp3) is 0.167. The Morgan fingerprint density at radius 2 is 2.08 bits per heavy atom. The van der Waals surface area contributed by atoms with Gasteiger partial charge < -0.3 is 0 Å². The van der Waals surface area contributed by atoms with Gasteiger partial charge in [0, 0.05) is 0 Å². The van der Waals surface area contributed by atoms with Crippen molar-refractivity contribution in [1.29, 1.82) is 0 Å². The Morgan fingerprint density at radius 1 is 1.58 bits per heavy atom. The highest BCUT2D eigenvalue weighted by Crippen LogP contribution is 2.13. The van der Waals surface area contributed by atoms with Gasteiger partial charge in [0.25, 0.3) is 0 Å². The maximum Gasteiger partial charge on any atom is 0.236 e. The van der Waals surface area contributed by atoms with E-state index in [4.69, 9.17) is 34.8 Å². The van der Waals surface area contributed by atoms with Crippen molar-refractivity contribution in [2.24, 2.45) is 0 Å². The number of hydrogen-bond donors (Lipinski definition) is 0. The fourth-order valence-corrected chi connectivity index (χ4v) is 0.930. The van der Waals surface area contributed by atoms with Crippen LogP contribution in [0.2, 0.25) is 4.34 Å². The van der Waals surface area contributed by atoms with Crippen molar-refractivity contribution in [2.45, 2.75) is 0 Å². The van der Waals surface area contributed by atoms with Gasteiger partial charge in [-0.3, -0.25) is 4.79 Å². The van der Waals surface area contributed by atoms with E-state index in [1.54, 1.807) is 11.3 Å². The number of carbonyl (C=O) groups is 1. The van der Waals surface area contributed by atoms with Crippen LogP contribution in [0, 0.1) is 0 Å². The molecule has 0 aliphatic rings. The Kier molecular flexibility index (Phi) is 12.0. The van der Waals surface area contributed by atoms with Gasteiger partial charge >= 0.3 is 0 Å². The summed E-state index contributed by atoms with van der Waals surface area (Å²) >= 11 is 16.6. The standard InChI is InChI=1S/C4H3ClS.C2H2Cl2O.ClH/c5-4-2-1-3-6-4;3-1-2(4)5;/h1-3H;1H2;1H. The summed E-state index contributed by atoms with van der Waals surface area (Å²) in [5, 5.41) is 1.44. The summed E-state index contributed by atoms with van der Waals surface area (Å²) in [4.78, 5) is 9.45. The van der Waals surface area contributed by atoms with Crippen molar-refractivity contribution in [1.82, 2.24) is 0 Å². The van der Waals surface area contributed by atoms with E-state index in [9.17, 15) is 4.79 Å². The van der Waals surface area contributed by atoms with Gasteiger partial charge in [0.2, 0.25) is 5.24 Å². The predicted octanol–water partition coefficient (Wildman–Crippen LogP) is 3.81. The summed E-state index contributed by atoms with van der Waals surface area (Å²) in [7, 11) is 0. The van der Waals surface area contributed by atoms with Crippen molar-refractivity contribution < 1.29 is 4.79 Å². The first kappa shape index (κ1) is 15.0. The van der Waals surface area contributed by atoms with Crippen LogP contribution < -0.4 is 0 Å². The lowest BCUT2D eigenvalue weighted by atomic mass is 10.7. The van der Waals surface area contributed by atoms with E-state index in [-0.39, 0.29) is 18.3 Å². The molecule has 1 aromatic rings. The van der Waals surface area contributed by atoms with Gasteiger partial charge in [0.05, 0.1) is 10.2 Å². The number of hydrogen-bond acceptors (Lipinski definition) is 2. The average molecular weight is 268 g/mol. The van der Waals surface area contributed by atoms with Crippen molar-refractivity contribution >= 4 is 63.8 Å². The molecular formula is C6H6Cl4OS. The zero-order chi connectivity index (χ0) is 8.69. The fourth-order valence-electron chi connectivity index (χ4n) is 0.259. The molecule has 1 nitrogen and oxygen atoms in total. The smallest absolute Gasteiger partial charge is 0.236 e. The van der Waals surface area contributed by atoms with Crippen LogP contribution >= 0.6 is 58.5 Å². The van der Waals surface area contributed by atoms with Gasteiger partial charge in [-0.2, -0.15) is 0 Å². The molecule has 12 heavy (non-hydrogen) atoms. The van der Waals surface area contributed by atoms with E-state index in [0.717, 1.165) is 4.34 Å². The van der Waals surface area contributed by atoms with Crippen LogP contribution in [0.4, 0.5) is 0 Å². The molecule has 0 aliphatic carbocycles. The van der Waals surface area contributed by atoms with Crippen molar-refractivity contribution in [3.05, 3.63) is 21.8 Å². The van der Waals surface area contributed by atoms with Crippen molar-refractivity contribution in [3.8, 4) is 0 Å². The van der Waals surface area contributed by atoms with Gasteiger partial charge in [-0.05, 0) is 29.1 Å². The Hall–Kier alpha value is 0.530. The molecule has 0 fully saturated rings. The van der Waals surface area contributed by atoms with Gasteiger partial charge in [0.15, 0.2) is 0 Å². The molecule has 70 valence electrons. The van der Waals surface area contributed by atoms with E-state index >= 15 is 0 Å². The predicted molar refractivity (Wildman–Crippen MR) is 58.2 cm³/mol. The highest BCUT2D eigenvalue weighted by molar-refractivity contribution is 7.14. The van der Waals surface area contributed by atoms with Gasteiger partial charge in [-0.25, -0.2) is 0 Å². The summed E-state index contributed by atoms with van der Waals surface area (Å²) in [5.41, 5.74) is 0. The minimum Gasteiger partial charge on any atom is -0.280 e. The molecule has 0 aliphatic heterocycles. The highest BCUT2D eigenvalue weighted by Gasteiger charge is 1.83. The van der Waals surface area contributed by atoms with Gasteiger partial charge in [-0.15, -0.1) is 35.3 Å². The molecule has 0 spiro atoms. The molecule has 0 radical (unpaired) electrons. The molecule has 0 N–H and O–H groups in total. The molecule has 0 saturated heterocycles. The lowest BCUT2D eigenvalue weighted by molar-refractivity contribution is -0.109. The maximum atomic E-state index is 9.45. The monoisotopic (exact) mass is 266 g/mol. The number of rotatable bonds is 1. The largest absolute Gasteiger partial charge is 0.280 e. The molecule has 0 unspecified atom stereocenters. The second kappa shape index (κ2) is 9.62. The van der Waals surface area contributed by atoms with Crippen molar-refractivity contribution in [2.75, 3.05) is 5.88 Å². The third-order valence-electron chi connectivity index (χ3n) is 0.592. The molecule has 0 aromatic carbocycles. The number of halogens is 4. The summed E-state index contributed by atoms with van der Waals surface area (Å²) < 4.78 is 0.856. The molecule has 1 heterocycles. The van der Waals surface area contributed by atoms with E-state index in [1.165, 1.54) is 0 Å². The number of carbonyl (C=O) groups excluding carboxylic acids is 1. The zero-order valence-electron chi connectivity index (χ0n) is 5.80. The van der Waals surface area contributed by atoms with Crippen LogP contribution in [0.3, 0.4) is 0 Å². The van der Waals surface area contributed by atoms with Crippen LogP contribution in [0.5, 0.6) is 0 Å². The van der Waals surface area contributed by atoms with E-state index in [0.29, 0.717) is 0 Å². The first-order chi connectivity index (χ1) is 5.16. The Balaban J connectivity index is 0. The van der Waals surface area contributed by atoms with Crippen LogP contribution in [-0.2, 0) is 4.79 Å². The first-order valence-corrected chi connectivity index (χ1v) is 4.77. The van der Waals surface area contributed by atoms with Gasteiger partial charge in [0.1, 0.15) is 0 Å². The first-order valence-electron chi connectivity index (χ1n) is 2.60. The molecule has 0 bridgehead atoms. The highest BCUT2D eigenvalue weighted by atomic mass is 35.5. The molecule has 0 saturated carbocycles. The number of thiophene rings is 1. The zero-order valence-corrected chi connectivity index (χ0v) is 9.70. The SMILES string of the molecule is Cl.Clc1cccs1.O=C(Cl)CCl. The summed E-state index contributed by atoms with van der Waals surface area (Å²) in [5.74, 6) is -0.0957. The summed E-state index contributed by atoms with van der Waals surface area (Å²) in [6.07, 6.45) is 0. The minimum atomic E-state index is -0.508. The third-order valence-corrected chi connectivity index (χ3v) is 2.15. The second-order valence-corrected chi connectivity index (χ2v) is 3.67. The van der Waals surface area contributed by atoms with Crippen LogP contribution in [0.15, 0.2) is 17.5 Å². The molecular weight excluding hydrogens is 262 g/mol. The molecule has 0 amide bonds. The Morgan fingerprint density at radius 3 is 2.17 bits per heavy atom. The van der Waals surface area contributed by atoms with Crippen LogP contribution in [-0.4, -0.2) is 11.1 Å². The minimum absolute atomic E-state index is 0. The number of alkyl halides is 1. The van der Waals surface area contributed by atoms with E-state index < -0.39 is 5.24 Å². The molecule has 6 heteroatoms. The summed E-state index contributed by atoms with van der Waals surface area (Å²) in [6.45, 7) is 0. The van der Waals surface area contributed by atoms with E-state index in [2.05, 4.69) is 0 Å². The lowest BCUT2D eigenvalue weighted by Crippen LogP contribution is -1.81. The average Bonchev–Trinajstić information content (AvgIpc) is 2.41. The Bertz CT molecular complexity index is 199. The third kappa shape index (κ3) is 10.5. The van der Waals surface area contributed by atoms with E-state index in [1.807, 2.05) is 17.5 Å². The topological polar surface area (TPSA) is 17.1 Å². The van der Waals surface area contributed by atoms with Crippen molar-refractivity contribution in [3.63, 3.8) is 0 Å².